The molecule has 0 atom stereocenters. The van der Waals surface area contributed by atoms with Crippen molar-refractivity contribution in [2.75, 3.05) is 19.8 Å². The number of benzene rings is 1. The molecule has 0 fully saturated rings. The van der Waals surface area contributed by atoms with Crippen LogP contribution in [0.3, 0.4) is 0 Å². The predicted molar refractivity (Wildman–Crippen MR) is 101 cm³/mol. The second-order valence-corrected chi connectivity index (χ2v) is 4.63. The van der Waals surface area contributed by atoms with E-state index in [1.54, 1.807) is 6.92 Å². The molecule has 1 rings (SSSR count). The lowest BCUT2D eigenvalue weighted by Gasteiger charge is -1.99. The molecule has 0 saturated carbocycles. The lowest BCUT2D eigenvalue weighted by Crippen LogP contribution is -2.08. The first-order valence-corrected chi connectivity index (χ1v) is 7.83. The summed E-state index contributed by atoms with van der Waals surface area (Å²) in [5, 5.41) is 8.19. The minimum Gasteiger partial charge on any atom is -0.463 e. The Hall–Kier alpha value is -2.66. The highest BCUT2D eigenvalue weighted by atomic mass is 16.5. The maximum absolute atomic E-state index is 10.5. The van der Waals surface area contributed by atoms with E-state index in [0.29, 0.717) is 12.2 Å². The van der Waals surface area contributed by atoms with Crippen LogP contribution in [0.15, 0.2) is 61.7 Å². The van der Waals surface area contributed by atoms with Crippen molar-refractivity contribution in [2.45, 2.75) is 20.3 Å². The molecule has 0 aliphatic carbocycles. The Labute approximate surface area is 150 Å². The van der Waals surface area contributed by atoms with Crippen LogP contribution in [0.2, 0.25) is 0 Å². The van der Waals surface area contributed by atoms with Crippen molar-refractivity contribution in [1.29, 1.82) is 0 Å². The fourth-order valence-corrected chi connectivity index (χ4v) is 1.11. The highest BCUT2D eigenvalue weighted by Crippen LogP contribution is 1.97. The molecule has 0 unspecified atom stereocenters. The quantitative estimate of drug-likeness (QED) is 0.602. The van der Waals surface area contributed by atoms with E-state index in [4.69, 9.17) is 5.11 Å². The zero-order valence-electron chi connectivity index (χ0n) is 15.1. The van der Waals surface area contributed by atoms with E-state index >= 15 is 0 Å². The molecule has 138 valence electrons. The minimum absolute atomic E-state index is 0.0473. The molecule has 0 spiro atoms. The average Bonchev–Trinajstić information content (AvgIpc) is 2.65. The Morgan fingerprint density at radius 2 is 1.72 bits per heavy atom. The number of aliphatic hydroxyl groups is 1. The second kappa shape index (κ2) is 17.7. The first kappa shape index (κ1) is 24.6. The molecule has 1 aromatic carbocycles. The van der Waals surface area contributed by atoms with E-state index in [-0.39, 0.29) is 19.2 Å². The zero-order chi connectivity index (χ0) is 19.5. The van der Waals surface area contributed by atoms with Crippen LogP contribution in [0.25, 0.3) is 6.08 Å². The van der Waals surface area contributed by atoms with Gasteiger partial charge in [0, 0.05) is 11.6 Å². The molecule has 0 saturated heterocycles. The number of hydrogen-bond donors (Lipinski definition) is 1. The summed E-state index contributed by atoms with van der Waals surface area (Å²) in [6, 6.07) is 10.0. The molecule has 5 heteroatoms. The van der Waals surface area contributed by atoms with Gasteiger partial charge in [0.1, 0.15) is 6.61 Å². The summed E-state index contributed by atoms with van der Waals surface area (Å²) in [4.78, 5) is 20.7. The number of esters is 2. The van der Waals surface area contributed by atoms with Gasteiger partial charge in [0.05, 0.1) is 13.2 Å². The van der Waals surface area contributed by atoms with Gasteiger partial charge in [0.2, 0.25) is 0 Å². The smallest absolute Gasteiger partial charge is 0.333 e. The van der Waals surface area contributed by atoms with Crippen molar-refractivity contribution >= 4 is 18.0 Å². The van der Waals surface area contributed by atoms with Crippen LogP contribution >= 0.6 is 0 Å². The lowest BCUT2D eigenvalue weighted by molar-refractivity contribution is -0.140. The molecule has 0 amide bonds. The molecule has 5 nitrogen and oxygen atoms in total. The van der Waals surface area contributed by atoms with Crippen LogP contribution < -0.4 is 0 Å². The van der Waals surface area contributed by atoms with E-state index in [1.165, 1.54) is 5.56 Å². The van der Waals surface area contributed by atoms with Gasteiger partial charge in [-0.05, 0) is 18.9 Å². The summed E-state index contributed by atoms with van der Waals surface area (Å²) in [6.07, 6.45) is 3.86. The Morgan fingerprint density at radius 3 is 2.08 bits per heavy atom. The van der Waals surface area contributed by atoms with Crippen molar-refractivity contribution < 1.29 is 24.2 Å². The van der Waals surface area contributed by atoms with Gasteiger partial charge in [-0.15, -0.1) is 0 Å². The molecule has 25 heavy (non-hydrogen) atoms. The normalized spacial score (nSPS) is 8.44. The van der Waals surface area contributed by atoms with Crippen LogP contribution in [-0.2, 0) is 19.1 Å². The first-order valence-electron chi connectivity index (χ1n) is 7.83. The van der Waals surface area contributed by atoms with Gasteiger partial charge in [-0.25, -0.2) is 9.59 Å². The summed E-state index contributed by atoms with van der Waals surface area (Å²) in [5.74, 6) is -0.795. The molecule has 0 aliphatic heterocycles. The summed E-state index contributed by atoms with van der Waals surface area (Å²) in [7, 11) is 0. The zero-order valence-corrected chi connectivity index (χ0v) is 15.1. The number of rotatable bonds is 7. The summed E-state index contributed by atoms with van der Waals surface area (Å²) in [6.45, 7) is 14.1. The maximum atomic E-state index is 10.5. The maximum Gasteiger partial charge on any atom is 0.333 e. The highest BCUT2D eigenvalue weighted by molar-refractivity contribution is 5.86. The van der Waals surface area contributed by atoms with Gasteiger partial charge in [0.25, 0.3) is 0 Å². The van der Waals surface area contributed by atoms with E-state index in [0.717, 1.165) is 12.5 Å². The molecule has 0 heterocycles. The largest absolute Gasteiger partial charge is 0.463 e. The third kappa shape index (κ3) is 17.5. The van der Waals surface area contributed by atoms with Crippen LogP contribution in [0.1, 0.15) is 25.8 Å². The summed E-state index contributed by atoms with van der Waals surface area (Å²) < 4.78 is 9.05. The van der Waals surface area contributed by atoms with Crippen molar-refractivity contribution in [3.63, 3.8) is 0 Å². The third-order valence-electron chi connectivity index (χ3n) is 2.32. The Bertz CT molecular complexity index is 520. The van der Waals surface area contributed by atoms with Gasteiger partial charge in [0.15, 0.2) is 0 Å². The molecular weight excluding hydrogens is 320 g/mol. The van der Waals surface area contributed by atoms with Crippen molar-refractivity contribution in [3.05, 3.63) is 67.3 Å². The first-order chi connectivity index (χ1) is 11.9. The van der Waals surface area contributed by atoms with E-state index in [2.05, 4.69) is 29.2 Å². The number of hydrogen-bond acceptors (Lipinski definition) is 5. The Kier molecular flexibility index (Phi) is 17.4. The van der Waals surface area contributed by atoms with Crippen LogP contribution in [0.4, 0.5) is 0 Å². The number of carbonyl (C=O) groups is 2. The third-order valence-corrected chi connectivity index (χ3v) is 2.32. The minimum atomic E-state index is -0.455. The summed E-state index contributed by atoms with van der Waals surface area (Å²) in [5.41, 5.74) is 1.52. The topological polar surface area (TPSA) is 72.8 Å². The number of aliphatic hydroxyl groups excluding tert-OH is 1. The molecule has 0 aromatic heterocycles. The highest BCUT2D eigenvalue weighted by Gasteiger charge is 1.99. The van der Waals surface area contributed by atoms with Gasteiger partial charge < -0.3 is 14.6 Å². The summed E-state index contributed by atoms with van der Waals surface area (Å²) >= 11 is 0. The van der Waals surface area contributed by atoms with Crippen LogP contribution in [0.5, 0.6) is 0 Å². The Balaban J connectivity index is 0. The lowest BCUT2D eigenvalue weighted by atomic mass is 10.2. The average molecular weight is 348 g/mol. The molecular formula is C20H28O5. The van der Waals surface area contributed by atoms with Crippen molar-refractivity contribution in [3.8, 4) is 0 Å². The van der Waals surface area contributed by atoms with Crippen LogP contribution in [-0.4, -0.2) is 36.9 Å². The SMILES string of the molecule is C=C(C)C(=O)OCCO.C=CC(=O)OCCC.C=Cc1ccccc1. The molecule has 0 radical (unpaired) electrons. The molecule has 0 aliphatic rings. The van der Waals surface area contributed by atoms with Crippen LogP contribution in [0, 0.1) is 0 Å². The van der Waals surface area contributed by atoms with Gasteiger partial charge in [-0.3, -0.25) is 0 Å². The fourth-order valence-electron chi connectivity index (χ4n) is 1.11. The standard InChI is InChI=1S/C8H8.C6H10O3.C6H10O2/c1-2-8-6-4-3-5-7-8;1-5(2)6(8)9-4-3-7;1-3-5-8-6(7)4-2/h2-7H,1H2;7H,1,3-4H2,2H3;4H,2-3,5H2,1H3. The van der Waals surface area contributed by atoms with Gasteiger partial charge >= 0.3 is 11.9 Å². The molecule has 1 aromatic rings. The molecule has 1 N–H and O–H groups in total. The molecule has 0 bridgehead atoms. The van der Waals surface area contributed by atoms with Gasteiger partial charge in [-0.2, -0.15) is 0 Å². The predicted octanol–water partition coefficient (Wildman–Crippen LogP) is 3.55. The Morgan fingerprint density at radius 1 is 1.12 bits per heavy atom. The van der Waals surface area contributed by atoms with Crippen molar-refractivity contribution in [2.24, 2.45) is 0 Å². The van der Waals surface area contributed by atoms with Gasteiger partial charge in [-0.1, -0.05) is 63.1 Å². The second-order valence-electron chi connectivity index (χ2n) is 4.63. The fraction of sp³-hybridized carbons (Fsp3) is 0.300. The van der Waals surface area contributed by atoms with E-state index < -0.39 is 5.97 Å². The van der Waals surface area contributed by atoms with Crippen molar-refractivity contribution in [1.82, 2.24) is 0 Å². The number of carbonyl (C=O) groups excluding carboxylic acids is 2. The van der Waals surface area contributed by atoms with E-state index in [9.17, 15) is 9.59 Å². The number of ether oxygens (including phenoxy) is 2. The monoisotopic (exact) mass is 348 g/mol. The van der Waals surface area contributed by atoms with E-state index in [1.807, 2.05) is 43.3 Å².